The summed E-state index contributed by atoms with van der Waals surface area (Å²) in [7, 11) is 0. The number of carbonyl (C=O) groups is 1. The molecule has 4 nitrogen and oxygen atoms in total. The first-order valence-electron chi connectivity index (χ1n) is 6.04. The van der Waals surface area contributed by atoms with Gasteiger partial charge in [0.05, 0.1) is 12.0 Å². The lowest BCUT2D eigenvalue weighted by molar-refractivity contribution is -0.135. The van der Waals surface area contributed by atoms with E-state index < -0.39 is 0 Å². The molecule has 1 amide bonds. The minimum atomic E-state index is 0.0394. The maximum Gasteiger partial charge on any atom is 0.222 e. The van der Waals surface area contributed by atoms with Crippen molar-refractivity contribution in [3.8, 4) is 6.07 Å². The Balaban J connectivity index is 1.86. The Morgan fingerprint density at radius 2 is 2.12 bits per heavy atom. The summed E-state index contributed by atoms with van der Waals surface area (Å²) in [5, 5.41) is 8.89. The summed E-state index contributed by atoms with van der Waals surface area (Å²) in [6, 6.07) is 2.27. The van der Waals surface area contributed by atoms with Crippen molar-refractivity contribution in [3.63, 3.8) is 0 Å². The van der Waals surface area contributed by atoms with Gasteiger partial charge in [-0.3, -0.25) is 4.79 Å². The van der Waals surface area contributed by atoms with E-state index in [0.717, 1.165) is 39.0 Å². The Labute approximate surface area is 96.2 Å². The third-order valence-corrected chi connectivity index (χ3v) is 3.50. The van der Waals surface area contributed by atoms with Crippen molar-refractivity contribution < 1.29 is 9.53 Å². The van der Waals surface area contributed by atoms with E-state index in [1.54, 1.807) is 0 Å². The van der Waals surface area contributed by atoms with Crippen molar-refractivity contribution >= 4 is 5.91 Å². The van der Waals surface area contributed by atoms with Gasteiger partial charge in [0.2, 0.25) is 5.91 Å². The van der Waals surface area contributed by atoms with E-state index in [0.29, 0.717) is 18.9 Å². The minimum absolute atomic E-state index is 0.0394. The molecule has 2 aliphatic rings. The molecular formula is C12H18N2O2. The number of likely N-dealkylation sites (tertiary alicyclic amines) is 1. The highest BCUT2D eigenvalue weighted by Gasteiger charge is 2.27. The lowest BCUT2D eigenvalue weighted by Gasteiger charge is -2.33. The van der Waals surface area contributed by atoms with Crippen LogP contribution >= 0.6 is 0 Å². The molecule has 0 aliphatic carbocycles. The molecule has 0 aromatic heterocycles. The van der Waals surface area contributed by atoms with Gasteiger partial charge in [0.15, 0.2) is 0 Å². The molecule has 2 heterocycles. The Bertz CT molecular complexity index is 292. The van der Waals surface area contributed by atoms with Crippen LogP contribution in [-0.2, 0) is 9.53 Å². The van der Waals surface area contributed by atoms with E-state index in [-0.39, 0.29) is 11.8 Å². The fourth-order valence-electron chi connectivity index (χ4n) is 2.44. The van der Waals surface area contributed by atoms with Gasteiger partial charge in [-0.05, 0) is 25.2 Å². The number of carbonyl (C=O) groups excluding carboxylic acids is 1. The number of ether oxygens (including phenoxy) is 1. The lowest BCUT2D eigenvalue weighted by atomic mass is 9.95. The average Bonchev–Trinajstić information content (AvgIpc) is 2.33. The third kappa shape index (κ3) is 2.73. The second-order valence-electron chi connectivity index (χ2n) is 4.72. The second kappa shape index (κ2) is 5.31. The van der Waals surface area contributed by atoms with Gasteiger partial charge in [0.25, 0.3) is 0 Å². The first-order chi connectivity index (χ1) is 7.79. The van der Waals surface area contributed by atoms with Gasteiger partial charge in [-0.2, -0.15) is 5.26 Å². The summed E-state index contributed by atoms with van der Waals surface area (Å²) in [5.74, 6) is 0.825. The zero-order chi connectivity index (χ0) is 11.4. The minimum Gasteiger partial charge on any atom is -0.381 e. The van der Waals surface area contributed by atoms with Crippen molar-refractivity contribution in [2.75, 3.05) is 26.3 Å². The predicted molar refractivity (Wildman–Crippen MR) is 58.5 cm³/mol. The number of nitriles is 1. The normalized spacial score (nSPS) is 27.8. The number of rotatable bonds is 2. The van der Waals surface area contributed by atoms with Crippen molar-refractivity contribution in [3.05, 3.63) is 0 Å². The molecule has 2 fully saturated rings. The maximum atomic E-state index is 11.7. The summed E-state index contributed by atoms with van der Waals surface area (Å²) in [4.78, 5) is 13.6. The van der Waals surface area contributed by atoms with Crippen molar-refractivity contribution in [1.29, 1.82) is 5.26 Å². The monoisotopic (exact) mass is 222 g/mol. The summed E-state index contributed by atoms with van der Waals surface area (Å²) >= 11 is 0. The quantitative estimate of drug-likeness (QED) is 0.705. The molecular weight excluding hydrogens is 204 g/mol. The Morgan fingerprint density at radius 1 is 1.38 bits per heavy atom. The maximum absolute atomic E-state index is 11.7. The summed E-state index contributed by atoms with van der Waals surface area (Å²) in [6.45, 7) is 3.08. The van der Waals surface area contributed by atoms with Crippen LogP contribution in [0.25, 0.3) is 0 Å². The molecule has 2 rings (SSSR count). The van der Waals surface area contributed by atoms with E-state index in [2.05, 4.69) is 6.07 Å². The molecule has 1 unspecified atom stereocenters. The smallest absolute Gasteiger partial charge is 0.222 e. The fourth-order valence-corrected chi connectivity index (χ4v) is 2.44. The van der Waals surface area contributed by atoms with Gasteiger partial charge in [0.1, 0.15) is 0 Å². The molecule has 0 aromatic carbocycles. The number of hydrogen-bond acceptors (Lipinski definition) is 3. The topological polar surface area (TPSA) is 53.3 Å². The Kier molecular flexibility index (Phi) is 3.79. The van der Waals surface area contributed by atoms with Gasteiger partial charge < -0.3 is 9.64 Å². The lowest BCUT2D eigenvalue weighted by Crippen LogP contribution is -2.43. The van der Waals surface area contributed by atoms with Crippen LogP contribution in [0.15, 0.2) is 0 Å². The zero-order valence-corrected chi connectivity index (χ0v) is 9.52. The average molecular weight is 222 g/mol. The second-order valence-corrected chi connectivity index (χ2v) is 4.72. The van der Waals surface area contributed by atoms with Crippen molar-refractivity contribution in [2.45, 2.75) is 25.7 Å². The van der Waals surface area contributed by atoms with Crippen LogP contribution in [0.4, 0.5) is 0 Å². The Hall–Kier alpha value is -1.08. The highest BCUT2D eigenvalue weighted by molar-refractivity contribution is 5.77. The first-order valence-corrected chi connectivity index (χ1v) is 6.04. The first kappa shape index (κ1) is 11.4. The number of amides is 1. The molecule has 0 N–H and O–H groups in total. The number of hydrogen-bond donors (Lipinski definition) is 0. The van der Waals surface area contributed by atoms with Crippen molar-refractivity contribution in [2.24, 2.45) is 11.8 Å². The SMILES string of the molecule is N#CC1CCC(=O)N(CC2CCOCC2)C1. The van der Waals surface area contributed by atoms with Gasteiger partial charge in [-0.15, -0.1) is 0 Å². The molecule has 0 bridgehead atoms. The summed E-state index contributed by atoms with van der Waals surface area (Å²) in [6.07, 6.45) is 3.36. The van der Waals surface area contributed by atoms with Crippen LogP contribution in [0.5, 0.6) is 0 Å². The van der Waals surface area contributed by atoms with E-state index in [4.69, 9.17) is 10.00 Å². The van der Waals surface area contributed by atoms with Crippen LogP contribution < -0.4 is 0 Å². The predicted octanol–water partition coefficient (Wildman–Crippen LogP) is 1.18. The Morgan fingerprint density at radius 3 is 2.81 bits per heavy atom. The highest BCUT2D eigenvalue weighted by atomic mass is 16.5. The van der Waals surface area contributed by atoms with Crippen LogP contribution in [0.2, 0.25) is 0 Å². The van der Waals surface area contributed by atoms with E-state index in [1.165, 1.54) is 0 Å². The van der Waals surface area contributed by atoms with Gasteiger partial charge in [-0.1, -0.05) is 0 Å². The molecule has 88 valence electrons. The van der Waals surface area contributed by atoms with Gasteiger partial charge in [0, 0.05) is 32.7 Å². The summed E-state index contributed by atoms with van der Waals surface area (Å²) in [5.41, 5.74) is 0. The molecule has 2 aliphatic heterocycles. The van der Waals surface area contributed by atoms with E-state index in [1.807, 2.05) is 4.90 Å². The molecule has 0 saturated carbocycles. The third-order valence-electron chi connectivity index (χ3n) is 3.50. The highest BCUT2D eigenvalue weighted by Crippen LogP contribution is 2.21. The largest absolute Gasteiger partial charge is 0.381 e. The van der Waals surface area contributed by atoms with Crippen LogP contribution in [0, 0.1) is 23.2 Å². The molecule has 0 aromatic rings. The molecule has 4 heteroatoms. The number of nitrogens with zero attached hydrogens (tertiary/aromatic N) is 2. The standard InChI is InChI=1S/C12H18N2O2/c13-7-11-1-2-12(15)14(9-11)8-10-3-5-16-6-4-10/h10-11H,1-6,8-9H2. The zero-order valence-electron chi connectivity index (χ0n) is 9.52. The van der Waals surface area contributed by atoms with Crippen LogP contribution in [0.1, 0.15) is 25.7 Å². The van der Waals surface area contributed by atoms with E-state index >= 15 is 0 Å². The molecule has 16 heavy (non-hydrogen) atoms. The molecule has 2 saturated heterocycles. The van der Waals surface area contributed by atoms with Crippen LogP contribution in [0.3, 0.4) is 0 Å². The fraction of sp³-hybridized carbons (Fsp3) is 0.833. The van der Waals surface area contributed by atoms with Gasteiger partial charge in [-0.25, -0.2) is 0 Å². The van der Waals surface area contributed by atoms with E-state index in [9.17, 15) is 4.79 Å². The van der Waals surface area contributed by atoms with Crippen LogP contribution in [-0.4, -0.2) is 37.1 Å². The molecule has 0 spiro atoms. The summed E-state index contributed by atoms with van der Waals surface area (Å²) < 4.78 is 5.30. The van der Waals surface area contributed by atoms with Crippen molar-refractivity contribution in [1.82, 2.24) is 4.90 Å². The molecule has 0 radical (unpaired) electrons. The number of piperidine rings is 1. The van der Waals surface area contributed by atoms with Gasteiger partial charge >= 0.3 is 0 Å². The molecule has 1 atom stereocenters.